The number of nitrogens with one attached hydrogen (secondary N) is 1. The Hall–Kier alpha value is -2.85. The lowest BCUT2D eigenvalue weighted by molar-refractivity contribution is -0.119. The maximum Gasteiger partial charge on any atom is 0.267 e. The van der Waals surface area contributed by atoms with Crippen LogP contribution < -0.4 is 9.62 Å². The molecule has 0 aliphatic rings. The lowest BCUT2D eigenvalue weighted by Crippen LogP contribution is -2.40. The van der Waals surface area contributed by atoms with Crippen molar-refractivity contribution in [1.82, 2.24) is 15.5 Å². The Bertz CT molecular complexity index is 1020. The number of halogens is 1. The van der Waals surface area contributed by atoms with Gasteiger partial charge in [-0.25, -0.2) is 17.7 Å². The smallest absolute Gasteiger partial charge is 0.267 e. The van der Waals surface area contributed by atoms with Crippen LogP contribution in [0, 0.1) is 6.92 Å². The van der Waals surface area contributed by atoms with Crippen LogP contribution in [0.4, 0.5) is 5.82 Å². The summed E-state index contributed by atoms with van der Waals surface area (Å²) in [6.07, 6.45) is 2.59. The third-order valence-corrected chi connectivity index (χ3v) is 5.44. The van der Waals surface area contributed by atoms with Crippen LogP contribution in [0.5, 0.6) is 0 Å². The molecule has 3 heterocycles. The predicted molar refractivity (Wildman–Crippen MR) is 95.6 cm³/mol. The number of nitrogens with zero attached hydrogens (tertiary/aromatic N) is 3. The van der Waals surface area contributed by atoms with Gasteiger partial charge in [0.2, 0.25) is 5.91 Å². The third kappa shape index (κ3) is 4.47. The van der Waals surface area contributed by atoms with Crippen LogP contribution in [0.1, 0.15) is 11.5 Å². The number of anilines is 1. The Morgan fingerprint density at radius 2 is 2.15 bits per heavy atom. The van der Waals surface area contributed by atoms with Gasteiger partial charge in [0.15, 0.2) is 5.82 Å². The number of rotatable bonds is 7. The van der Waals surface area contributed by atoms with Gasteiger partial charge in [-0.3, -0.25) is 4.79 Å². The molecule has 0 atom stereocenters. The van der Waals surface area contributed by atoms with Gasteiger partial charge in [0.25, 0.3) is 10.0 Å². The summed E-state index contributed by atoms with van der Waals surface area (Å²) in [5.41, 5.74) is 0. The molecule has 0 saturated heterocycles. The zero-order valence-electron chi connectivity index (χ0n) is 14.1. The number of amides is 1. The van der Waals surface area contributed by atoms with E-state index in [1.807, 2.05) is 0 Å². The van der Waals surface area contributed by atoms with Crippen LogP contribution in [-0.2, 0) is 21.4 Å². The third-order valence-electron chi connectivity index (χ3n) is 3.49. The summed E-state index contributed by atoms with van der Waals surface area (Å²) in [4.78, 5) is 16.0. The minimum Gasteiger partial charge on any atom is -0.467 e. The van der Waals surface area contributed by atoms with Gasteiger partial charge in [0, 0.05) is 12.3 Å². The van der Waals surface area contributed by atoms with E-state index in [4.69, 9.17) is 20.5 Å². The zero-order valence-corrected chi connectivity index (χ0v) is 15.7. The van der Waals surface area contributed by atoms with Crippen molar-refractivity contribution in [3.63, 3.8) is 0 Å². The number of aromatic nitrogens is 2. The van der Waals surface area contributed by atoms with Gasteiger partial charge in [-0.1, -0.05) is 16.8 Å². The molecule has 9 nitrogen and oxygen atoms in total. The van der Waals surface area contributed by atoms with Gasteiger partial charge < -0.3 is 14.3 Å². The van der Waals surface area contributed by atoms with Crippen molar-refractivity contribution < 1.29 is 22.2 Å². The van der Waals surface area contributed by atoms with E-state index in [0.29, 0.717) is 11.5 Å². The van der Waals surface area contributed by atoms with Crippen molar-refractivity contribution in [1.29, 1.82) is 0 Å². The number of hydrogen-bond donors (Lipinski definition) is 1. The SMILES string of the molecule is Cc1cc(N(CC(=O)NCc2ccco2)S(=O)(=O)c2ccc(Cl)nc2)no1. The number of carbonyl (C=O) groups is 1. The molecule has 0 unspecified atom stereocenters. The highest BCUT2D eigenvalue weighted by Crippen LogP contribution is 2.23. The minimum absolute atomic E-state index is 0.0180. The van der Waals surface area contributed by atoms with E-state index < -0.39 is 22.5 Å². The molecule has 0 aliphatic carbocycles. The molecular weight excluding hydrogens is 396 g/mol. The van der Waals surface area contributed by atoms with Gasteiger partial charge >= 0.3 is 0 Å². The van der Waals surface area contributed by atoms with Gasteiger partial charge in [0.1, 0.15) is 28.1 Å². The molecule has 3 aromatic heterocycles. The monoisotopic (exact) mass is 410 g/mol. The molecule has 27 heavy (non-hydrogen) atoms. The molecule has 11 heteroatoms. The summed E-state index contributed by atoms with van der Waals surface area (Å²) >= 11 is 5.72. The molecule has 1 N–H and O–H groups in total. The average Bonchev–Trinajstić information content (AvgIpc) is 3.29. The lowest BCUT2D eigenvalue weighted by atomic mass is 10.4. The van der Waals surface area contributed by atoms with Crippen molar-refractivity contribution in [3.8, 4) is 0 Å². The quantitative estimate of drug-likeness (QED) is 0.592. The fourth-order valence-corrected chi connectivity index (χ4v) is 3.60. The van der Waals surface area contributed by atoms with Crippen LogP contribution in [0.2, 0.25) is 5.15 Å². The molecule has 0 radical (unpaired) electrons. The fourth-order valence-electron chi connectivity index (χ4n) is 2.19. The van der Waals surface area contributed by atoms with E-state index >= 15 is 0 Å². The fraction of sp³-hybridized carbons (Fsp3) is 0.188. The summed E-state index contributed by atoms with van der Waals surface area (Å²) in [5, 5.41) is 6.45. The molecule has 0 spiro atoms. The summed E-state index contributed by atoms with van der Waals surface area (Å²) in [5.74, 6) is 0.375. The highest BCUT2D eigenvalue weighted by Gasteiger charge is 2.29. The van der Waals surface area contributed by atoms with E-state index in [-0.39, 0.29) is 22.4 Å². The van der Waals surface area contributed by atoms with E-state index in [1.165, 1.54) is 24.5 Å². The maximum absolute atomic E-state index is 13.0. The second-order valence-electron chi connectivity index (χ2n) is 5.48. The topological polar surface area (TPSA) is 119 Å². The average molecular weight is 411 g/mol. The number of carbonyl (C=O) groups excluding carboxylic acids is 1. The summed E-state index contributed by atoms with van der Waals surface area (Å²) in [7, 11) is -4.12. The van der Waals surface area contributed by atoms with Gasteiger partial charge in [-0.15, -0.1) is 0 Å². The van der Waals surface area contributed by atoms with Crippen molar-refractivity contribution in [2.75, 3.05) is 10.8 Å². The Kier molecular flexibility index (Phi) is 5.47. The normalized spacial score (nSPS) is 11.3. The number of aryl methyl sites for hydroxylation is 1. The number of furan rings is 1. The molecular formula is C16H15ClN4O5S. The van der Waals surface area contributed by atoms with Gasteiger partial charge in [-0.05, 0) is 31.2 Å². The second-order valence-corrected chi connectivity index (χ2v) is 7.73. The van der Waals surface area contributed by atoms with Crippen molar-refractivity contribution >= 4 is 33.3 Å². The van der Waals surface area contributed by atoms with Crippen molar-refractivity contribution in [2.45, 2.75) is 18.4 Å². The highest BCUT2D eigenvalue weighted by molar-refractivity contribution is 7.92. The molecule has 0 aromatic carbocycles. The van der Waals surface area contributed by atoms with E-state index in [1.54, 1.807) is 19.1 Å². The number of hydrogen-bond acceptors (Lipinski definition) is 7. The van der Waals surface area contributed by atoms with Gasteiger partial charge in [-0.2, -0.15) is 0 Å². The molecule has 3 aromatic rings. The Labute approximate surface area is 160 Å². The molecule has 0 fully saturated rings. The first kappa shape index (κ1) is 18.9. The molecule has 3 rings (SSSR count). The minimum atomic E-state index is -4.12. The first-order valence-corrected chi connectivity index (χ1v) is 9.55. The Balaban J connectivity index is 1.84. The van der Waals surface area contributed by atoms with Gasteiger partial charge in [0.05, 0.1) is 12.8 Å². The number of sulfonamides is 1. The number of pyridine rings is 1. The summed E-state index contributed by atoms with van der Waals surface area (Å²) in [6.45, 7) is 1.24. The van der Waals surface area contributed by atoms with Crippen LogP contribution in [0.15, 0.2) is 56.6 Å². The molecule has 1 amide bonds. The van der Waals surface area contributed by atoms with Crippen LogP contribution in [0.25, 0.3) is 0 Å². The van der Waals surface area contributed by atoms with Crippen LogP contribution >= 0.6 is 11.6 Å². The molecule has 0 aliphatic heterocycles. The van der Waals surface area contributed by atoms with Crippen LogP contribution in [0.3, 0.4) is 0 Å². The Morgan fingerprint density at radius 3 is 2.74 bits per heavy atom. The molecule has 142 valence electrons. The summed E-state index contributed by atoms with van der Waals surface area (Å²) < 4.78 is 36.9. The highest BCUT2D eigenvalue weighted by atomic mass is 35.5. The summed E-state index contributed by atoms with van der Waals surface area (Å²) in [6, 6.07) is 7.43. The van der Waals surface area contributed by atoms with E-state index in [2.05, 4.69) is 15.5 Å². The lowest BCUT2D eigenvalue weighted by Gasteiger charge is -2.20. The predicted octanol–water partition coefficient (Wildman–Crippen LogP) is 2.14. The Morgan fingerprint density at radius 1 is 1.33 bits per heavy atom. The second kappa shape index (κ2) is 7.80. The van der Waals surface area contributed by atoms with E-state index in [9.17, 15) is 13.2 Å². The first-order valence-electron chi connectivity index (χ1n) is 7.73. The first-order chi connectivity index (χ1) is 12.9. The van der Waals surface area contributed by atoms with Crippen LogP contribution in [-0.4, -0.2) is 31.0 Å². The molecule has 0 bridgehead atoms. The largest absolute Gasteiger partial charge is 0.467 e. The maximum atomic E-state index is 13.0. The molecule has 0 saturated carbocycles. The van der Waals surface area contributed by atoms with Crippen molar-refractivity contribution in [2.24, 2.45) is 0 Å². The van der Waals surface area contributed by atoms with Crippen molar-refractivity contribution in [3.05, 3.63) is 59.5 Å². The van der Waals surface area contributed by atoms with E-state index in [0.717, 1.165) is 10.5 Å². The standard InChI is InChI=1S/C16H15ClN4O5S/c1-11-7-15(20-26-11)21(10-16(22)19-8-12-3-2-6-25-12)27(23,24)13-4-5-14(17)18-9-13/h2-7,9H,8,10H2,1H3,(H,19,22). The zero-order chi connectivity index (χ0) is 19.4.